The first-order valence-corrected chi connectivity index (χ1v) is 5.25. The molecule has 1 rings (SSSR count). The number of rotatable bonds is 5. The Morgan fingerprint density at radius 3 is 2.60 bits per heavy atom. The van der Waals surface area contributed by atoms with Crippen molar-refractivity contribution in [1.29, 1.82) is 0 Å². The van der Waals surface area contributed by atoms with Crippen molar-refractivity contribution in [3.05, 3.63) is 0 Å². The van der Waals surface area contributed by atoms with Crippen LogP contribution in [0.5, 0.6) is 0 Å². The molecule has 0 spiro atoms. The highest BCUT2D eigenvalue weighted by molar-refractivity contribution is 5.84. The van der Waals surface area contributed by atoms with Crippen molar-refractivity contribution in [3.8, 4) is 0 Å². The van der Waals surface area contributed by atoms with Gasteiger partial charge in [-0.25, -0.2) is 4.39 Å². The molecule has 0 saturated heterocycles. The van der Waals surface area contributed by atoms with Crippen molar-refractivity contribution in [2.24, 2.45) is 17.3 Å². The minimum absolute atomic E-state index is 0.213. The minimum Gasteiger partial charge on any atom is -0.431 e. The Kier molecular flexibility index (Phi) is 3.47. The molecular formula is C11H17FO3. The van der Waals surface area contributed by atoms with Crippen molar-refractivity contribution < 1.29 is 18.7 Å². The summed E-state index contributed by atoms with van der Waals surface area (Å²) in [4.78, 5) is 22.1. The largest absolute Gasteiger partial charge is 0.431 e. The molecular weight excluding hydrogens is 199 g/mol. The van der Waals surface area contributed by atoms with Crippen LogP contribution in [0.1, 0.15) is 33.6 Å². The Hall–Kier alpha value is -0.930. The Balaban J connectivity index is 2.46. The fourth-order valence-electron chi connectivity index (χ4n) is 1.87. The maximum absolute atomic E-state index is 13.0. The van der Waals surface area contributed by atoms with E-state index in [2.05, 4.69) is 4.74 Å². The van der Waals surface area contributed by atoms with Crippen molar-refractivity contribution >= 4 is 12.3 Å². The number of hydrogen-bond donors (Lipinski definition) is 0. The molecule has 4 heteroatoms. The number of carbonyl (C=O) groups excluding carboxylic acids is 2. The molecule has 0 N–H and O–H groups in total. The fourth-order valence-corrected chi connectivity index (χ4v) is 1.87. The van der Waals surface area contributed by atoms with E-state index in [-0.39, 0.29) is 17.8 Å². The molecule has 3 nitrogen and oxygen atoms in total. The van der Waals surface area contributed by atoms with Gasteiger partial charge in [0.15, 0.2) is 0 Å². The quantitative estimate of drug-likeness (QED) is 0.522. The molecule has 1 fully saturated rings. The first-order valence-electron chi connectivity index (χ1n) is 5.25. The second-order valence-electron chi connectivity index (χ2n) is 4.60. The predicted octanol–water partition coefficient (Wildman–Crippen LogP) is 2.10. The summed E-state index contributed by atoms with van der Waals surface area (Å²) in [5, 5.41) is 0. The van der Waals surface area contributed by atoms with Crippen LogP contribution in [-0.4, -0.2) is 18.6 Å². The van der Waals surface area contributed by atoms with Crippen LogP contribution in [0.3, 0.4) is 0 Å². The number of alkyl halides is 1. The summed E-state index contributed by atoms with van der Waals surface area (Å²) < 4.78 is 17.6. The highest BCUT2D eigenvalue weighted by atomic mass is 19.1. The van der Waals surface area contributed by atoms with Crippen molar-refractivity contribution in [2.45, 2.75) is 40.0 Å². The Bertz CT molecular complexity index is 263. The van der Waals surface area contributed by atoms with E-state index in [9.17, 15) is 14.0 Å². The second kappa shape index (κ2) is 4.29. The summed E-state index contributed by atoms with van der Waals surface area (Å²) in [6.07, 6.45) is 0.0506. The minimum atomic E-state index is -1.54. The van der Waals surface area contributed by atoms with Gasteiger partial charge in [0, 0.05) is 12.3 Å². The summed E-state index contributed by atoms with van der Waals surface area (Å²) in [6, 6.07) is 0. The summed E-state index contributed by atoms with van der Waals surface area (Å²) in [7, 11) is 0. The average Bonchev–Trinajstić information content (AvgIpc) is 2.68. The lowest BCUT2D eigenvalue weighted by molar-refractivity contribution is -0.161. The monoisotopic (exact) mass is 216 g/mol. The lowest BCUT2D eigenvalue weighted by atomic mass is 10.1. The van der Waals surface area contributed by atoms with E-state index < -0.39 is 18.2 Å². The summed E-state index contributed by atoms with van der Waals surface area (Å²) >= 11 is 0. The number of halogens is 1. The first-order chi connectivity index (χ1) is 6.95. The number of hydrogen-bond acceptors (Lipinski definition) is 3. The van der Waals surface area contributed by atoms with E-state index in [0.29, 0.717) is 6.42 Å². The molecule has 0 radical (unpaired) electrons. The number of aldehydes is 1. The molecule has 3 unspecified atom stereocenters. The predicted molar refractivity (Wildman–Crippen MR) is 52.7 cm³/mol. The van der Waals surface area contributed by atoms with E-state index in [1.54, 1.807) is 0 Å². The molecule has 15 heavy (non-hydrogen) atoms. The Morgan fingerprint density at radius 1 is 1.60 bits per heavy atom. The van der Waals surface area contributed by atoms with Gasteiger partial charge in [-0.2, -0.15) is 0 Å². The summed E-state index contributed by atoms with van der Waals surface area (Å²) in [5.74, 6) is -1.37. The molecule has 0 aromatic carbocycles. The Labute approximate surface area is 89.0 Å². The SMILES string of the molecule is CCCC(F)OC(=O)C1C(C=O)C1(C)C. The van der Waals surface area contributed by atoms with E-state index in [4.69, 9.17) is 0 Å². The number of ether oxygens (including phenoxy) is 1. The third kappa shape index (κ3) is 2.36. The molecule has 0 bridgehead atoms. The average molecular weight is 216 g/mol. The van der Waals surface area contributed by atoms with Crippen LogP contribution in [0.4, 0.5) is 4.39 Å². The van der Waals surface area contributed by atoms with Gasteiger partial charge in [-0.1, -0.05) is 20.8 Å². The van der Waals surface area contributed by atoms with Crippen molar-refractivity contribution in [2.75, 3.05) is 0 Å². The molecule has 0 aliphatic heterocycles. The van der Waals surface area contributed by atoms with Gasteiger partial charge in [-0.15, -0.1) is 0 Å². The lowest BCUT2D eigenvalue weighted by Crippen LogP contribution is -2.17. The number of esters is 1. The molecule has 86 valence electrons. The van der Waals surface area contributed by atoms with Gasteiger partial charge in [-0.3, -0.25) is 4.79 Å². The normalized spacial score (nSPS) is 29.3. The maximum atomic E-state index is 13.0. The topological polar surface area (TPSA) is 43.4 Å². The Morgan fingerprint density at radius 2 is 2.20 bits per heavy atom. The highest BCUT2D eigenvalue weighted by Gasteiger charge is 2.63. The summed E-state index contributed by atoms with van der Waals surface area (Å²) in [6.45, 7) is 5.44. The molecule has 1 saturated carbocycles. The number of carbonyl (C=O) groups is 2. The van der Waals surface area contributed by atoms with E-state index >= 15 is 0 Å². The van der Waals surface area contributed by atoms with Crippen LogP contribution < -0.4 is 0 Å². The smallest absolute Gasteiger partial charge is 0.312 e. The molecule has 1 aliphatic rings. The third-order valence-electron chi connectivity index (χ3n) is 3.07. The molecule has 3 atom stereocenters. The van der Waals surface area contributed by atoms with Crippen LogP contribution in [0.25, 0.3) is 0 Å². The first kappa shape index (κ1) is 12.1. The van der Waals surface area contributed by atoms with Gasteiger partial charge in [0.05, 0.1) is 5.92 Å². The van der Waals surface area contributed by atoms with E-state index in [1.807, 2.05) is 20.8 Å². The maximum Gasteiger partial charge on any atom is 0.312 e. The zero-order valence-electron chi connectivity index (χ0n) is 9.33. The highest BCUT2D eigenvalue weighted by Crippen LogP contribution is 2.57. The van der Waals surface area contributed by atoms with E-state index in [0.717, 1.165) is 6.29 Å². The molecule has 0 aromatic heterocycles. The third-order valence-corrected chi connectivity index (χ3v) is 3.07. The van der Waals surface area contributed by atoms with Gasteiger partial charge in [0.1, 0.15) is 6.29 Å². The van der Waals surface area contributed by atoms with Crippen LogP contribution in [-0.2, 0) is 14.3 Å². The van der Waals surface area contributed by atoms with Crippen LogP contribution in [0.2, 0.25) is 0 Å². The molecule has 0 aromatic rings. The standard InChI is InChI=1S/C11H17FO3/c1-4-5-8(12)15-10(14)9-7(6-13)11(9,2)3/h6-9H,4-5H2,1-3H3. The molecule has 0 heterocycles. The van der Waals surface area contributed by atoms with Gasteiger partial charge >= 0.3 is 5.97 Å². The van der Waals surface area contributed by atoms with Gasteiger partial charge in [0.2, 0.25) is 6.36 Å². The second-order valence-corrected chi connectivity index (χ2v) is 4.60. The zero-order valence-corrected chi connectivity index (χ0v) is 9.33. The molecule has 0 amide bonds. The van der Waals surface area contributed by atoms with E-state index in [1.165, 1.54) is 0 Å². The van der Waals surface area contributed by atoms with Crippen molar-refractivity contribution in [3.63, 3.8) is 0 Å². The summed E-state index contributed by atoms with van der Waals surface area (Å²) in [5.41, 5.74) is -0.370. The zero-order chi connectivity index (χ0) is 11.6. The molecule has 1 aliphatic carbocycles. The van der Waals surface area contributed by atoms with Gasteiger partial charge < -0.3 is 9.53 Å². The van der Waals surface area contributed by atoms with Crippen LogP contribution >= 0.6 is 0 Å². The van der Waals surface area contributed by atoms with Gasteiger partial charge in [0.25, 0.3) is 0 Å². The van der Waals surface area contributed by atoms with Crippen LogP contribution in [0, 0.1) is 17.3 Å². The van der Waals surface area contributed by atoms with Gasteiger partial charge in [-0.05, 0) is 11.8 Å². The van der Waals surface area contributed by atoms with Crippen molar-refractivity contribution in [1.82, 2.24) is 0 Å². The lowest BCUT2D eigenvalue weighted by Gasteiger charge is -2.09. The fraction of sp³-hybridized carbons (Fsp3) is 0.818. The van der Waals surface area contributed by atoms with Crippen LogP contribution in [0.15, 0.2) is 0 Å².